The van der Waals surface area contributed by atoms with E-state index in [1.165, 1.54) is 0 Å². The second kappa shape index (κ2) is 5.38. The molecule has 2 N–H and O–H groups in total. The molecular formula is C14H17BrN4O2S. The average Bonchev–Trinajstić information content (AvgIpc) is 3.11. The Kier molecular flexibility index (Phi) is 3.61. The van der Waals surface area contributed by atoms with Crippen LogP contribution in [0.25, 0.3) is 0 Å². The van der Waals surface area contributed by atoms with Crippen LogP contribution in [-0.2, 0) is 17.4 Å². The molecule has 4 rings (SSSR count). The van der Waals surface area contributed by atoms with Crippen LogP contribution in [0.2, 0.25) is 0 Å². The Bertz CT molecular complexity index is 703. The highest BCUT2D eigenvalue weighted by atomic mass is 79.9. The van der Waals surface area contributed by atoms with Gasteiger partial charge in [-0.3, -0.25) is 4.68 Å². The van der Waals surface area contributed by atoms with E-state index in [9.17, 15) is 5.11 Å². The largest absolute Gasteiger partial charge is 0.386 e. The van der Waals surface area contributed by atoms with Crippen molar-refractivity contribution in [1.82, 2.24) is 20.3 Å². The second-order valence-corrected chi connectivity index (χ2v) is 8.37. The van der Waals surface area contributed by atoms with E-state index in [1.807, 2.05) is 19.3 Å². The highest BCUT2D eigenvalue weighted by Gasteiger charge is 2.46. The van der Waals surface area contributed by atoms with Gasteiger partial charge in [0.25, 0.3) is 0 Å². The van der Waals surface area contributed by atoms with Crippen molar-refractivity contribution in [3.05, 3.63) is 32.2 Å². The lowest BCUT2D eigenvalue weighted by Crippen LogP contribution is -2.46. The Hall–Kier alpha value is -0.800. The predicted molar refractivity (Wildman–Crippen MR) is 85.6 cm³/mol. The van der Waals surface area contributed by atoms with Crippen LogP contribution in [-0.4, -0.2) is 33.3 Å². The van der Waals surface area contributed by atoms with Gasteiger partial charge in [0.05, 0.1) is 22.1 Å². The predicted octanol–water partition coefficient (Wildman–Crippen LogP) is 2.02. The van der Waals surface area contributed by atoms with Crippen LogP contribution < -0.4 is 5.32 Å². The fraction of sp³-hybridized carbons (Fsp3) is 0.571. The molecule has 0 aromatic carbocycles. The maximum atomic E-state index is 10.2. The number of hydrogen-bond acceptors (Lipinski definition) is 6. The number of fused-ring (bicyclic) bond motifs is 2. The van der Waals surface area contributed by atoms with Crippen molar-refractivity contribution in [3.63, 3.8) is 0 Å². The van der Waals surface area contributed by atoms with E-state index in [2.05, 4.69) is 31.6 Å². The van der Waals surface area contributed by atoms with Crippen LogP contribution in [0, 0.1) is 0 Å². The summed E-state index contributed by atoms with van der Waals surface area (Å²) in [6.07, 6.45) is 3.11. The highest BCUT2D eigenvalue weighted by Crippen LogP contribution is 2.50. The van der Waals surface area contributed by atoms with Gasteiger partial charge in [0.15, 0.2) is 0 Å². The number of aromatic nitrogens is 3. The molecule has 0 amide bonds. The number of piperidine rings is 1. The van der Waals surface area contributed by atoms with E-state index in [0.29, 0.717) is 6.61 Å². The molecule has 0 aliphatic carbocycles. The van der Waals surface area contributed by atoms with Gasteiger partial charge in [0, 0.05) is 30.1 Å². The van der Waals surface area contributed by atoms with Crippen molar-refractivity contribution in [3.8, 4) is 0 Å². The van der Waals surface area contributed by atoms with Gasteiger partial charge < -0.3 is 15.2 Å². The third kappa shape index (κ3) is 2.33. The fourth-order valence-electron chi connectivity index (χ4n) is 3.39. The van der Waals surface area contributed by atoms with Gasteiger partial charge in [-0.1, -0.05) is 5.21 Å². The number of halogens is 1. The van der Waals surface area contributed by atoms with Crippen LogP contribution in [0.3, 0.4) is 0 Å². The lowest BCUT2D eigenvalue weighted by Gasteiger charge is -2.44. The number of rotatable bonds is 1. The molecule has 3 unspecified atom stereocenters. The zero-order chi connectivity index (χ0) is 15.3. The summed E-state index contributed by atoms with van der Waals surface area (Å²) in [6, 6.07) is 2.14. The van der Waals surface area contributed by atoms with Crippen molar-refractivity contribution in [2.45, 2.75) is 30.6 Å². The standard InChI is InChI=1S/C14H17BrN4O2S/c1-19-6-10(17-18-19)9-5-14(2-3-16-9)13-8(4-12(15)22-13)11(20)7-21-14/h4,6,9,11,16,20H,2-3,5,7H2,1H3. The highest BCUT2D eigenvalue weighted by molar-refractivity contribution is 9.11. The Balaban J connectivity index is 1.70. The van der Waals surface area contributed by atoms with Gasteiger partial charge in [0.2, 0.25) is 0 Å². The maximum absolute atomic E-state index is 10.2. The number of aliphatic hydroxyl groups is 1. The Morgan fingerprint density at radius 3 is 3.23 bits per heavy atom. The normalized spacial score (nSPS) is 31.4. The molecular weight excluding hydrogens is 368 g/mol. The number of ether oxygens (including phenoxy) is 1. The van der Waals surface area contributed by atoms with Gasteiger partial charge in [-0.15, -0.1) is 16.4 Å². The average molecular weight is 385 g/mol. The molecule has 2 aliphatic rings. The first kappa shape index (κ1) is 14.8. The zero-order valence-electron chi connectivity index (χ0n) is 12.1. The molecule has 4 heterocycles. The number of nitrogens with one attached hydrogen (secondary N) is 1. The van der Waals surface area contributed by atoms with Crippen LogP contribution in [0.15, 0.2) is 16.0 Å². The summed E-state index contributed by atoms with van der Waals surface area (Å²) in [5, 5.41) is 22.0. The molecule has 118 valence electrons. The molecule has 22 heavy (non-hydrogen) atoms. The minimum Gasteiger partial charge on any atom is -0.386 e. The summed E-state index contributed by atoms with van der Waals surface area (Å²) >= 11 is 5.21. The van der Waals surface area contributed by atoms with E-state index in [0.717, 1.165) is 39.3 Å². The maximum Gasteiger partial charge on any atom is 0.106 e. The number of aliphatic hydroxyl groups excluding tert-OH is 1. The van der Waals surface area contributed by atoms with Gasteiger partial charge in [-0.05, 0) is 35.0 Å². The molecule has 0 saturated carbocycles. The number of nitrogens with zero attached hydrogens (tertiary/aromatic N) is 3. The van der Waals surface area contributed by atoms with Crippen molar-refractivity contribution < 1.29 is 9.84 Å². The summed E-state index contributed by atoms with van der Waals surface area (Å²) in [6.45, 7) is 1.20. The third-order valence-corrected chi connectivity index (χ3v) is 6.29. The van der Waals surface area contributed by atoms with Gasteiger partial charge in [-0.25, -0.2) is 0 Å². The van der Waals surface area contributed by atoms with E-state index < -0.39 is 6.10 Å². The molecule has 2 aliphatic heterocycles. The minimum absolute atomic E-state index is 0.117. The molecule has 8 heteroatoms. The molecule has 0 radical (unpaired) electrons. The first-order valence-electron chi connectivity index (χ1n) is 7.29. The smallest absolute Gasteiger partial charge is 0.106 e. The Morgan fingerprint density at radius 1 is 1.59 bits per heavy atom. The first-order valence-corrected chi connectivity index (χ1v) is 8.90. The SMILES string of the molecule is Cn1cc(C2CC3(CCN2)OCC(O)c2cc(Br)sc23)nn1. The van der Waals surface area contributed by atoms with Crippen molar-refractivity contribution >= 4 is 27.3 Å². The van der Waals surface area contributed by atoms with Gasteiger partial charge in [-0.2, -0.15) is 0 Å². The quantitative estimate of drug-likeness (QED) is 0.786. The van der Waals surface area contributed by atoms with Crippen molar-refractivity contribution in [2.75, 3.05) is 13.2 Å². The number of hydrogen-bond donors (Lipinski definition) is 2. The monoisotopic (exact) mass is 384 g/mol. The Labute approximate surface area is 140 Å². The van der Waals surface area contributed by atoms with E-state index in [-0.39, 0.29) is 11.6 Å². The minimum atomic E-state index is -0.534. The lowest BCUT2D eigenvalue weighted by molar-refractivity contribution is -0.123. The number of aryl methyl sites for hydroxylation is 1. The molecule has 2 aromatic rings. The molecule has 3 atom stereocenters. The van der Waals surface area contributed by atoms with Crippen molar-refractivity contribution in [1.29, 1.82) is 0 Å². The van der Waals surface area contributed by atoms with Crippen LogP contribution >= 0.6 is 27.3 Å². The van der Waals surface area contributed by atoms with Gasteiger partial charge >= 0.3 is 0 Å². The van der Waals surface area contributed by atoms with Gasteiger partial charge in [0.1, 0.15) is 11.7 Å². The fourth-order valence-corrected chi connectivity index (χ4v) is 5.25. The summed E-state index contributed by atoms with van der Waals surface area (Å²) in [5.41, 5.74) is 1.61. The third-order valence-electron chi connectivity index (χ3n) is 4.45. The van der Waals surface area contributed by atoms with E-state index in [4.69, 9.17) is 4.74 Å². The van der Waals surface area contributed by atoms with E-state index >= 15 is 0 Å². The molecule has 0 bridgehead atoms. The summed E-state index contributed by atoms with van der Waals surface area (Å²) in [5.74, 6) is 0. The zero-order valence-corrected chi connectivity index (χ0v) is 14.5. The number of thiophene rings is 1. The Morgan fingerprint density at radius 2 is 2.45 bits per heavy atom. The molecule has 2 aromatic heterocycles. The lowest BCUT2D eigenvalue weighted by atomic mass is 9.81. The van der Waals surface area contributed by atoms with Crippen LogP contribution in [0.1, 0.15) is 41.1 Å². The summed E-state index contributed by atoms with van der Waals surface area (Å²) in [4.78, 5) is 1.15. The molecule has 6 nitrogen and oxygen atoms in total. The molecule has 1 saturated heterocycles. The topological polar surface area (TPSA) is 72.2 Å². The molecule has 1 spiro atoms. The summed E-state index contributed by atoms with van der Waals surface area (Å²) < 4.78 is 8.92. The second-order valence-electron chi connectivity index (χ2n) is 5.93. The molecule has 1 fully saturated rings. The van der Waals surface area contributed by atoms with Crippen LogP contribution in [0.5, 0.6) is 0 Å². The van der Waals surface area contributed by atoms with Crippen molar-refractivity contribution in [2.24, 2.45) is 7.05 Å². The van der Waals surface area contributed by atoms with Crippen LogP contribution in [0.4, 0.5) is 0 Å². The summed E-state index contributed by atoms with van der Waals surface area (Å²) in [7, 11) is 1.87. The first-order chi connectivity index (χ1) is 10.6. The van der Waals surface area contributed by atoms with E-state index in [1.54, 1.807) is 16.0 Å².